The summed E-state index contributed by atoms with van der Waals surface area (Å²) >= 11 is 0. The maximum atomic E-state index is 11.5. The number of aliphatic hydroxyl groups excluding tert-OH is 5. The maximum absolute atomic E-state index is 11.5. The maximum Gasteiger partial charge on any atom is 0.305 e. The number of ether oxygens (including phenoxy) is 1. The minimum atomic E-state index is -1.75. The van der Waals surface area contributed by atoms with Crippen molar-refractivity contribution in [1.82, 2.24) is 0 Å². The molecule has 25 heavy (non-hydrogen) atoms. The third-order valence-corrected chi connectivity index (χ3v) is 3.76. The molecule has 0 unspecified atom stereocenters. The third-order valence-electron chi connectivity index (χ3n) is 3.76. The Morgan fingerprint density at radius 2 is 1.24 bits per heavy atom. The fourth-order valence-corrected chi connectivity index (χ4v) is 2.16. The first-order valence-electron chi connectivity index (χ1n) is 8.50. The first-order valence-corrected chi connectivity index (χ1v) is 8.50. The quantitative estimate of drug-likeness (QED) is 0.160. The Kier molecular flexibility index (Phi) is 13.3. The second-order valence-electron chi connectivity index (χ2n) is 6.00. The van der Waals surface area contributed by atoms with Gasteiger partial charge in [0, 0.05) is 12.8 Å². The van der Waals surface area contributed by atoms with E-state index in [2.05, 4.69) is 0 Å². The lowest BCUT2D eigenvalue weighted by molar-refractivity contribution is -0.156. The number of aliphatic hydroxyl groups is 5. The molecule has 0 aliphatic heterocycles. The molecule has 148 valence electrons. The predicted octanol–water partition coefficient (Wildman–Crippen LogP) is -0.829. The van der Waals surface area contributed by atoms with Crippen molar-refractivity contribution in [1.29, 1.82) is 0 Å². The molecule has 0 aromatic rings. The summed E-state index contributed by atoms with van der Waals surface area (Å²) in [5.74, 6) is -1.34. The summed E-state index contributed by atoms with van der Waals surface area (Å²) < 4.78 is 4.79. The van der Waals surface area contributed by atoms with Crippen LogP contribution < -0.4 is 0 Å². The largest absolute Gasteiger partial charge is 0.481 e. The molecule has 0 aromatic carbocycles. The summed E-state index contributed by atoms with van der Waals surface area (Å²) in [6.45, 7) is -1.30. The number of carbonyl (C=O) groups excluding carboxylic acids is 1. The monoisotopic (exact) mass is 366 g/mol. The molecule has 6 N–H and O–H groups in total. The number of hydrogen-bond donors (Lipinski definition) is 6. The molecule has 0 aromatic heterocycles. The van der Waals surface area contributed by atoms with Gasteiger partial charge in [0.2, 0.25) is 0 Å². The van der Waals surface area contributed by atoms with E-state index < -0.39 is 49.6 Å². The van der Waals surface area contributed by atoms with Crippen LogP contribution in [0, 0.1) is 0 Å². The van der Waals surface area contributed by atoms with Gasteiger partial charge in [-0.15, -0.1) is 0 Å². The smallest absolute Gasteiger partial charge is 0.305 e. The SMILES string of the molecule is O=C(O)CCCCCCCCC(=O)OC[C@@H](O)[C@@H](O)[C@H](O)[C@H](O)CO. The Balaban J connectivity index is 3.71. The molecule has 0 saturated carbocycles. The molecule has 0 aliphatic rings. The predicted molar refractivity (Wildman–Crippen MR) is 86.6 cm³/mol. The molecule has 0 saturated heterocycles. The molecule has 0 heterocycles. The van der Waals surface area contributed by atoms with E-state index in [1.165, 1.54) is 0 Å². The summed E-state index contributed by atoms with van der Waals surface area (Å²) in [4.78, 5) is 21.8. The zero-order valence-corrected chi connectivity index (χ0v) is 14.3. The van der Waals surface area contributed by atoms with E-state index in [1.807, 2.05) is 0 Å². The van der Waals surface area contributed by atoms with Gasteiger partial charge in [0.05, 0.1) is 6.61 Å². The van der Waals surface area contributed by atoms with Gasteiger partial charge in [0.25, 0.3) is 0 Å². The number of hydrogen-bond acceptors (Lipinski definition) is 8. The molecule has 0 spiro atoms. The minimum absolute atomic E-state index is 0.153. The molecule has 9 nitrogen and oxygen atoms in total. The van der Waals surface area contributed by atoms with Gasteiger partial charge >= 0.3 is 11.9 Å². The summed E-state index contributed by atoms with van der Waals surface area (Å²) in [6.07, 6.45) is -1.68. The number of carboxylic acid groups (broad SMARTS) is 1. The van der Waals surface area contributed by atoms with Gasteiger partial charge in [-0.25, -0.2) is 0 Å². The van der Waals surface area contributed by atoms with E-state index in [1.54, 1.807) is 0 Å². The van der Waals surface area contributed by atoms with Crippen molar-refractivity contribution < 1.29 is 45.0 Å². The van der Waals surface area contributed by atoms with Crippen LogP contribution in [0.1, 0.15) is 51.4 Å². The molecule has 0 amide bonds. The Morgan fingerprint density at radius 3 is 1.76 bits per heavy atom. The standard InChI is InChI=1S/C16H30O9/c17-9-11(18)15(23)16(24)12(19)10-25-14(22)8-6-4-2-1-3-5-7-13(20)21/h11-12,15-19,23-24H,1-10H2,(H,20,21)/t11-,12-,15-,16-/m1/s1. The molecule has 4 atom stereocenters. The van der Waals surface area contributed by atoms with Crippen molar-refractivity contribution in [2.45, 2.75) is 75.8 Å². The van der Waals surface area contributed by atoms with Crippen molar-refractivity contribution >= 4 is 11.9 Å². The number of carboxylic acids is 1. The summed E-state index contributed by atoms with van der Waals surface area (Å²) in [6, 6.07) is 0. The van der Waals surface area contributed by atoms with E-state index in [0.29, 0.717) is 12.8 Å². The number of unbranched alkanes of at least 4 members (excludes halogenated alkanes) is 5. The van der Waals surface area contributed by atoms with Crippen molar-refractivity contribution in [3.05, 3.63) is 0 Å². The fraction of sp³-hybridized carbons (Fsp3) is 0.875. The second-order valence-corrected chi connectivity index (χ2v) is 6.00. The fourth-order valence-electron chi connectivity index (χ4n) is 2.16. The van der Waals surface area contributed by atoms with E-state index in [-0.39, 0.29) is 12.8 Å². The highest BCUT2D eigenvalue weighted by Crippen LogP contribution is 2.10. The van der Waals surface area contributed by atoms with Crippen LogP contribution in [0.5, 0.6) is 0 Å². The van der Waals surface area contributed by atoms with Gasteiger partial charge in [-0.2, -0.15) is 0 Å². The van der Waals surface area contributed by atoms with Crippen molar-refractivity contribution in [2.75, 3.05) is 13.2 Å². The van der Waals surface area contributed by atoms with E-state index >= 15 is 0 Å². The lowest BCUT2D eigenvalue weighted by Gasteiger charge is -2.25. The number of carbonyl (C=O) groups is 2. The lowest BCUT2D eigenvalue weighted by atomic mass is 10.0. The Labute approximate surface area is 146 Å². The van der Waals surface area contributed by atoms with E-state index in [9.17, 15) is 24.9 Å². The first kappa shape index (κ1) is 23.7. The highest BCUT2D eigenvalue weighted by atomic mass is 16.5. The van der Waals surface area contributed by atoms with Gasteiger partial charge < -0.3 is 35.4 Å². The highest BCUT2D eigenvalue weighted by molar-refractivity contribution is 5.69. The van der Waals surface area contributed by atoms with Crippen LogP contribution in [0.15, 0.2) is 0 Å². The van der Waals surface area contributed by atoms with Crippen LogP contribution in [-0.2, 0) is 14.3 Å². The van der Waals surface area contributed by atoms with Gasteiger partial charge in [0.1, 0.15) is 31.0 Å². The molecular weight excluding hydrogens is 336 g/mol. The van der Waals surface area contributed by atoms with Crippen LogP contribution in [0.25, 0.3) is 0 Å². The normalized spacial score (nSPS) is 16.0. The van der Waals surface area contributed by atoms with Crippen LogP contribution >= 0.6 is 0 Å². The summed E-state index contributed by atoms with van der Waals surface area (Å²) in [5, 5.41) is 54.9. The molecule has 9 heteroatoms. The van der Waals surface area contributed by atoms with Crippen LogP contribution in [0.4, 0.5) is 0 Å². The minimum Gasteiger partial charge on any atom is -0.481 e. The van der Waals surface area contributed by atoms with Gasteiger partial charge in [0.15, 0.2) is 0 Å². The zero-order chi connectivity index (χ0) is 19.2. The van der Waals surface area contributed by atoms with Crippen LogP contribution in [0.3, 0.4) is 0 Å². The summed E-state index contributed by atoms with van der Waals surface area (Å²) in [7, 11) is 0. The number of esters is 1. The Morgan fingerprint density at radius 1 is 0.760 bits per heavy atom. The Hall–Kier alpha value is -1.26. The molecule has 0 radical (unpaired) electrons. The highest BCUT2D eigenvalue weighted by Gasteiger charge is 2.30. The molecule has 0 aliphatic carbocycles. The number of aliphatic carboxylic acids is 1. The molecule has 0 rings (SSSR count). The molecule has 0 fully saturated rings. The summed E-state index contributed by atoms with van der Waals surface area (Å²) in [5.41, 5.74) is 0. The molecule has 0 bridgehead atoms. The van der Waals surface area contributed by atoms with E-state index in [4.69, 9.17) is 20.1 Å². The molecular formula is C16H30O9. The average Bonchev–Trinajstić information content (AvgIpc) is 2.59. The lowest BCUT2D eigenvalue weighted by Crippen LogP contribution is -2.47. The van der Waals surface area contributed by atoms with E-state index in [0.717, 1.165) is 25.7 Å². The topological polar surface area (TPSA) is 165 Å². The first-order chi connectivity index (χ1) is 11.8. The second kappa shape index (κ2) is 14.0. The van der Waals surface area contributed by atoms with Crippen molar-refractivity contribution in [2.24, 2.45) is 0 Å². The zero-order valence-electron chi connectivity index (χ0n) is 14.3. The van der Waals surface area contributed by atoms with Crippen molar-refractivity contribution in [3.8, 4) is 0 Å². The average molecular weight is 366 g/mol. The van der Waals surface area contributed by atoms with Gasteiger partial charge in [-0.1, -0.05) is 25.7 Å². The van der Waals surface area contributed by atoms with Gasteiger partial charge in [-0.3, -0.25) is 9.59 Å². The van der Waals surface area contributed by atoms with Crippen LogP contribution in [-0.4, -0.2) is 80.2 Å². The van der Waals surface area contributed by atoms with Crippen LogP contribution in [0.2, 0.25) is 0 Å². The van der Waals surface area contributed by atoms with Crippen molar-refractivity contribution in [3.63, 3.8) is 0 Å². The number of rotatable bonds is 15. The van der Waals surface area contributed by atoms with Gasteiger partial charge in [-0.05, 0) is 12.8 Å². The third kappa shape index (κ3) is 11.8. The Bertz CT molecular complexity index is 375.